The molecule has 0 atom stereocenters. The third-order valence-corrected chi connectivity index (χ3v) is 4.64. The molecule has 3 amide bonds. The maximum absolute atomic E-state index is 13.2. The summed E-state index contributed by atoms with van der Waals surface area (Å²) in [6.07, 6.45) is -0.657. The zero-order chi connectivity index (χ0) is 22.9. The molecular formula is C24H23N3O5. The number of fused-ring (bicyclic) bond motifs is 2. The fourth-order valence-corrected chi connectivity index (χ4v) is 3.30. The molecule has 1 heterocycles. The van der Waals surface area contributed by atoms with E-state index < -0.39 is 17.6 Å². The molecule has 0 unspecified atom stereocenters. The van der Waals surface area contributed by atoms with Gasteiger partial charge in [-0.1, -0.05) is 24.3 Å². The molecule has 0 radical (unpaired) electrons. The van der Waals surface area contributed by atoms with E-state index in [1.807, 2.05) is 24.3 Å². The smallest absolute Gasteiger partial charge is 0.412 e. The second kappa shape index (κ2) is 8.22. The SMILES string of the molecule is CC(C)(C)OC(=O)Nc1cc2ccccc2cc1C(=O)Nc1ccc2c(c1)NC(=O)CO2. The van der Waals surface area contributed by atoms with E-state index in [9.17, 15) is 14.4 Å². The average Bonchev–Trinajstić information content (AvgIpc) is 2.71. The molecule has 1 aliphatic rings. The molecule has 8 heteroatoms. The summed E-state index contributed by atoms with van der Waals surface area (Å²) in [7, 11) is 0. The van der Waals surface area contributed by atoms with Crippen molar-refractivity contribution in [1.29, 1.82) is 0 Å². The van der Waals surface area contributed by atoms with E-state index in [0.29, 0.717) is 22.8 Å². The van der Waals surface area contributed by atoms with Gasteiger partial charge in [-0.25, -0.2) is 4.79 Å². The van der Waals surface area contributed by atoms with Crippen molar-refractivity contribution in [2.45, 2.75) is 26.4 Å². The van der Waals surface area contributed by atoms with Crippen LogP contribution in [-0.2, 0) is 9.53 Å². The van der Waals surface area contributed by atoms with Crippen LogP contribution < -0.4 is 20.7 Å². The van der Waals surface area contributed by atoms with Crippen molar-refractivity contribution in [3.63, 3.8) is 0 Å². The Hall–Kier alpha value is -4.07. The van der Waals surface area contributed by atoms with Gasteiger partial charge in [-0.2, -0.15) is 0 Å². The minimum atomic E-state index is -0.682. The zero-order valence-corrected chi connectivity index (χ0v) is 17.9. The van der Waals surface area contributed by atoms with E-state index in [1.54, 1.807) is 51.1 Å². The zero-order valence-electron chi connectivity index (χ0n) is 17.9. The molecule has 0 aliphatic carbocycles. The van der Waals surface area contributed by atoms with Crippen LogP contribution in [0.5, 0.6) is 5.75 Å². The van der Waals surface area contributed by atoms with Crippen molar-refractivity contribution in [3.05, 3.63) is 60.2 Å². The lowest BCUT2D eigenvalue weighted by Crippen LogP contribution is -2.28. The van der Waals surface area contributed by atoms with Gasteiger partial charge in [0.1, 0.15) is 11.4 Å². The van der Waals surface area contributed by atoms with Gasteiger partial charge in [0.2, 0.25) is 0 Å². The average molecular weight is 433 g/mol. The number of hydrogen-bond donors (Lipinski definition) is 3. The van der Waals surface area contributed by atoms with E-state index in [4.69, 9.17) is 9.47 Å². The predicted molar refractivity (Wildman–Crippen MR) is 122 cm³/mol. The van der Waals surface area contributed by atoms with E-state index in [-0.39, 0.29) is 18.1 Å². The Bertz CT molecular complexity index is 1230. The Kier molecular flexibility index (Phi) is 5.44. The third kappa shape index (κ3) is 4.80. The van der Waals surface area contributed by atoms with E-state index >= 15 is 0 Å². The number of amides is 3. The maximum atomic E-state index is 13.2. The van der Waals surface area contributed by atoms with Crippen LogP contribution in [0, 0.1) is 0 Å². The largest absolute Gasteiger partial charge is 0.482 e. The summed E-state index contributed by atoms with van der Waals surface area (Å²) < 4.78 is 10.7. The van der Waals surface area contributed by atoms with Crippen LogP contribution in [-0.4, -0.2) is 30.1 Å². The summed E-state index contributed by atoms with van der Waals surface area (Å²) in [5.41, 5.74) is 0.858. The number of benzene rings is 3. The normalized spacial score (nSPS) is 12.9. The number of carbonyl (C=O) groups is 3. The summed E-state index contributed by atoms with van der Waals surface area (Å²) in [5.74, 6) is -0.162. The minimum Gasteiger partial charge on any atom is -0.482 e. The van der Waals surface area contributed by atoms with E-state index in [2.05, 4.69) is 16.0 Å². The van der Waals surface area contributed by atoms with Gasteiger partial charge in [0.05, 0.1) is 16.9 Å². The standard InChI is InChI=1S/C24H23N3O5/c1-24(2,3)32-23(30)27-18-11-15-7-5-4-6-14(15)10-17(18)22(29)25-16-8-9-20-19(12-16)26-21(28)13-31-20/h4-12H,13H2,1-3H3,(H,25,29)(H,26,28)(H,27,30). The van der Waals surface area contributed by atoms with Crippen LogP contribution in [0.2, 0.25) is 0 Å². The Labute approximate surface area is 184 Å². The van der Waals surface area contributed by atoms with Gasteiger partial charge < -0.3 is 20.1 Å². The van der Waals surface area contributed by atoms with Crippen molar-refractivity contribution in [2.24, 2.45) is 0 Å². The minimum absolute atomic E-state index is 0.0461. The van der Waals surface area contributed by atoms with Crippen LogP contribution in [0.15, 0.2) is 54.6 Å². The summed E-state index contributed by atoms with van der Waals surface area (Å²) in [6.45, 7) is 5.24. The molecule has 3 N–H and O–H groups in total. The van der Waals surface area contributed by atoms with Crippen LogP contribution in [0.1, 0.15) is 31.1 Å². The lowest BCUT2D eigenvalue weighted by Gasteiger charge is -2.21. The number of anilines is 3. The van der Waals surface area contributed by atoms with Crippen molar-refractivity contribution in [2.75, 3.05) is 22.6 Å². The Morgan fingerprint density at radius 2 is 1.72 bits per heavy atom. The lowest BCUT2D eigenvalue weighted by molar-refractivity contribution is -0.118. The van der Waals surface area contributed by atoms with Gasteiger partial charge in [-0.05, 0) is 61.9 Å². The van der Waals surface area contributed by atoms with Crippen molar-refractivity contribution in [1.82, 2.24) is 0 Å². The summed E-state index contributed by atoms with van der Waals surface area (Å²) in [5, 5.41) is 9.91. The molecule has 3 aromatic rings. The number of rotatable bonds is 3. The molecule has 4 rings (SSSR count). The molecule has 32 heavy (non-hydrogen) atoms. The molecule has 0 spiro atoms. The van der Waals surface area contributed by atoms with Crippen molar-refractivity contribution >= 4 is 45.7 Å². The predicted octanol–water partition coefficient (Wildman–Crippen LogP) is 4.77. The second-order valence-corrected chi connectivity index (χ2v) is 8.37. The maximum Gasteiger partial charge on any atom is 0.412 e. The monoisotopic (exact) mass is 433 g/mol. The number of hydrogen-bond acceptors (Lipinski definition) is 5. The molecule has 0 bridgehead atoms. The van der Waals surface area contributed by atoms with Gasteiger partial charge in [-0.3, -0.25) is 14.9 Å². The third-order valence-electron chi connectivity index (χ3n) is 4.64. The van der Waals surface area contributed by atoms with Crippen LogP contribution in [0.25, 0.3) is 10.8 Å². The number of ether oxygens (including phenoxy) is 2. The van der Waals surface area contributed by atoms with Crippen molar-refractivity contribution in [3.8, 4) is 5.75 Å². The highest BCUT2D eigenvalue weighted by Crippen LogP contribution is 2.31. The van der Waals surface area contributed by atoms with Crippen LogP contribution in [0.4, 0.5) is 21.9 Å². The van der Waals surface area contributed by atoms with Gasteiger partial charge in [0.15, 0.2) is 6.61 Å². The van der Waals surface area contributed by atoms with Crippen LogP contribution in [0.3, 0.4) is 0 Å². The van der Waals surface area contributed by atoms with Gasteiger partial charge >= 0.3 is 6.09 Å². The van der Waals surface area contributed by atoms with E-state index in [1.165, 1.54) is 0 Å². The molecule has 8 nitrogen and oxygen atoms in total. The highest BCUT2D eigenvalue weighted by molar-refractivity contribution is 6.12. The Morgan fingerprint density at radius 3 is 2.44 bits per heavy atom. The quantitative estimate of drug-likeness (QED) is 0.552. The van der Waals surface area contributed by atoms with Gasteiger partial charge in [-0.15, -0.1) is 0 Å². The molecule has 1 aliphatic heterocycles. The second-order valence-electron chi connectivity index (χ2n) is 8.37. The number of carbonyl (C=O) groups excluding carboxylic acids is 3. The lowest BCUT2D eigenvalue weighted by atomic mass is 10.0. The van der Waals surface area contributed by atoms with Gasteiger partial charge in [0, 0.05) is 5.69 Å². The molecule has 0 saturated heterocycles. The first-order valence-electron chi connectivity index (χ1n) is 10.1. The first kappa shape index (κ1) is 21.2. The molecule has 0 fully saturated rings. The highest BCUT2D eigenvalue weighted by Gasteiger charge is 2.21. The summed E-state index contributed by atoms with van der Waals surface area (Å²) in [4.78, 5) is 37.1. The Morgan fingerprint density at radius 1 is 1.00 bits per heavy atom. The fraction of sp³-hybridized carbons (Fsp3) is 0.208. The molecule has 0 saturated carbocycles. The summed E-state index contributed by atoms with van der Waals surface area (Å²) >= 11 is 0. The molecule has 164 valence electrons. The Balaban J connectivity index is 1.64. The highest BCUT2D eigenvalue weighted by atomic mass is 16.6. The molecule has 0 aromatic heterocycles. The molecular weight excluding hydrogens is 410 g/mol. The van der Waals surface area contributed by atoms with Gasteiger partial charge in [0.25, 0.3) is 11.8 Å². The first-order chi connectivity index (χ1) is 15.2. The molecule has 3 aromatic carbocycles. The van der Waals surface area contributed by atoms with Crippen molar-refractivity contribution < 1.29 is 23.9 Å². The van der Waals surface area contributed by atoms with E-state index in [0.717, 1.165) is 10.8 Å². The van der Waals surface area contributed by atoms with Crippen LogP contribution >= 0.6 is 0 Å². The summed E-state index contributed by atoms with van der Waals surface area (Å²) in [6, 6.07) is 15.9. The first-order valence-corrected chi connectivity index (χ1v) is 10.1. The fourth-order valence-electron chi connectivity index (χ4n) is 3.30. The topological polar surface area (TPSA) is 106 Å². The number of nitrogens with one attached hydrogen (secondary N) is 3.